The first-order valence-electron chi connectivity index (χ1n) is 5.84. The minimum absolute atomic E-state index is 0.0949. The molecule has 0 radical (unpaired) electrons. The van der Waals surface area contributed by atoms with E-state index in [2.05, 4.69) is 17.2 Å². The maximum absolute atomic E-state index is 11.8. The van der Waals surface area contributed by atoms with Gasteiger partial charge in [-0.05, 0) is 24.6 Å². The number of hydrogen-bond acceptors (Lipinski definition) is 3. The Kier molecular flexibility index (Phi) is 6.55. The highest BCUT2D eigenvalue weighted by Crippen LogP contribution is 2.04. The van der Waals surface area contributed by atoms with E-state index in [0.29, 0.717) is 25.3 Å². The number of ether oxygens (including phenoxy) is 1. The van der Waals surface area contributed by atoms with Crippen LogP contribution in [-0.2, 0) is 4.74 Å². The van der Waals surface area contributed by atoms with Crippen LogP contribution in [0.5, 0.6) is 0 Å². The second kappa shape index (κ2) is 8.29. The van der Waals surface area contributed by atoms with Crippen LogP contribution in [0, 0.1) is 11.8 Å². The van der Waals surface area contributed by atoms with E-state index in [1.807, 2.05) is 12.1 Å². The van der Waals surface area contributed by atoms with Crippen LogP contribution in [0.15, 0.2) is 24.3 Å². The van der Waals surface area contributed by atoms with Crippen LogP contribution < -0.4 is 11.1 Å². The van der Waals surface area contributed by atoms with E-state index in [1.165, 1.54) is 0 Å². The molecule has 0 aliphatic carbocycles. The maximum Gasteiger partial charge on any atom is 0.251 e. The summed E-state index contributed by atoms with van der Waals surface area (Å²) in [4.78, 5) is 11.8. The van der Waals surface area contributed by atoms with Crippen LogP contribution in [0.4, 0.5) is 0 Å². The number of carbonyl (C=O) groups excluding carboxylic acids is 1. The molecule has 3 N–H and O–H groups in total. The topological polar surface area (TPSA) is 64.3 Å². The number of benzene rings is 1. The smallest absolute Gasteiger partial charge is 0.251 e. The van der Waals surface area contributed by atoms with E-state index < -0.39 is 0 Å². The van der Waals surface area contributed by atoms with Crippen LogP contribution in [0.25, 0.3) is 0 Å². The molecule has 4 heteroatoms. The molecular weight excluding hydrogens is 228 g/mol. The minimum Gasteiger partial charge on any atom is -0.385 e. The van der Waals surface area contributed by atoms with E-state index in [1.54, 1.807) is 19.2 Å². The van der Waals surface area contributed by atoms with Gasteiger partial charge in [-0.3, -0.25) is 4.79 Å². The van der Waals surface area contributed by atoms with Gasteiger partial charge in [0.15, 0.2) is 0 Å². The van der Waals surface area contributed by atoms with E-state index in [9.17, 15) is 4.79 Å². The van der Waals surface area contributed by atoms with Crippen molar-refractivity contribution >= 4 is 5.91 Å². The number of nitrogens with two attached hydrogens (primary N) is 1. The van der Waals surface area contributed by atoms with Crippen molar-refractivity contribution in [2.24, 2.45) is 5.73 Å². The molecule has 0 saturated heterocycles. The van der Waals surface area contributed by atoms with Gasteiger partial charge in [-0.1, -0.05) is 17.9 Å². The lowest BCUT2D eigenvalue weighted by atomic mass is 10.1. The summed E-state index contributed by atoms with van der Waals surface area (Å²) >= 11 is 0. The first-order valence-corrected chi connectivity index (χ1v) is 5.84. The molecule has 1 aromatic rings. The fourth-order valence-electron chi connectivity index (χ4n) is 1.41. The van der Waals surface area contributed by atoms with Gasteiger partial charge in [-0.25, -0.2) is 0 Å². The molecule has 0 atom stereocenters. The van der Waals surface area contributed by atoms with Crippen LogP contribution >= 0.6 is 0 Å². The molecule has 0 heterocycles. The second-order valence-electron chi connectivity index (χ2n) is 3.69. The van der Waals surface area contributed by atoms with Gasteiger partial charge >= 0.3 is 0 Å². The number of amides is 1. The Hall–Kier alpha value is -1.83. The van der Waals surface area contributed by atoms with Gasteiger partial charge in [-0.15, -0.1) is 0 Å². The standard InChI is InChI=1S/C14H18N2O2/c1-18-10-4-9-16-14(17)13-7-2-5-12(11-13)6-3-8-15/h2,5,7,11H,4,8-10,15H2,1H3,(H,16,17). The third-order valence-corrected chi connectivity index (χ3v) is 2.27. The summed E-state index contributed by atoms with van der Waals surface area (Å²) in [7, 11) is 1.64. The molecule has 0 bridgehead atoms. The number of nitrogens with one attached hydrogen (secondary N) is 1. The number of carbonyl (C=O) groups is 1. The average molecular weight is 246 g/mol. The van der Waals surface area contributed by atoms with Gasteiger partial charge in [0.1, 0.15) is 0 Å². The lowest BCUT2D eigenvalue weighted by Gasteiger charge is -2.05. The molecule has 1 rings (SSSR count). The number of hydrogen-bond donors (Lipinski definition) is 2. The van der Waals surface area contributed by atoms with Crippen molar-refractivity contribution in [3.05, 3.63) is 35.4 Å². The van der Waals surface area contributed by atoms with Crippen molar-refractivity contribution in [3.8, 4) is 11.8 Å². The Bertz CT molecular complexity index is 447. The van der Waals surface area contributed by atoms with E-state index in [4.69, 9.17) is 10.5 Å². The number of methoxy groups -OCH3 is 1. The zero-order chi connectivity index (χ0) is 13.2. The van der Waals surface area contributed by atoms with E-state index in [-0.39, 0.29) is 5.91 Å². The summed E-state index contributed by atoms with van der Waals surface area (Å²) in [6.07, 6.45) is 0.801. The zero-order valence-corrected chi connectivity index (χ0v) is 10.5. The highest BCUT2D eigenvalue weighted by Gasteiger charge is 2.04. The first-order chi connectivity index (χ1) is 8.77. The fourth-order valence-corrected chi connectivity index (χ4v) is 1.41. The van der Waals surface area contributed by atoms with Crippen molar-refractivity contribution in [2.75, 3.05) is 26.8 Å². The van der Waals surface area contributed by atoms with Crippen LogP contribution in [0.3, 0.4) is 0 Å². The summed E-state index contributed by atoms with van der Waals surface area (Å²) in [5, 5.41) is 2.83. The molecule has 0 aliphatic rings. The molecule has 0 aliphatic heterocycles. The lowest BCUT2D eigenvalue weighted by Crippen LogP contribution is -2.25. The van der Waals surface area contributed by atoms with Gasteiger partial charge in [0.05, 0.1) is 6.54 Å². The van der Waals surface area contributed by atoms with Gasteiger partial charge in [0.2, 0.25) is 0 Å². The minimum atomic E-state index is -0.0949. The Morgan fingerprint density at radius 2 is 2.33 bits per heavy atom. The van der Waals surface area contributed by atoms with Gasteiger partial charge in [-0.2, -0.15) is 0 Å². The van der Waals surface area contributed by atoms with E-state index >= 15 is 0 Å². The van der Waals surface area contributed by atoms with Crippen molar-refractivity contribution in [2.45, 2.75) is 6.42 Å². The Labute approximate surface area is 108 Å². The summed E-state index contributed by atoms with van der Waals surface area (Å²) in [5.41, 5.74) is 6.71. The molecule has 0 fully saturated rings. The molecule has 4 nitrogen and oxygen atoms in total. The van der Waals surface area contributed by atoms with Crippen molar-refractivity contribution in [1.82, 2.24) is 5.32 Å². The van der Waals surface area contributed by atoms with E-state index in [0.717, 1.165) is 12.0 Å². The number of rotatable bonds is 5. The quantitative estimate of drug-likeness (QED) is 0.595. The fraction of sp³-hybridized carbons (Fsp3) is 0.357. The van der Waals surface area contributed by atoms with Crippen LogP contribution in [0.2, 0.25) is 0 Å². The molecule has 1 aromatic carbocycles. The van der Waals surface area contributed by atoms with Crippen LogP contribution in [0.1, 0.15) is 22.3 Å². The molecule has 0 unspecified atom stereocenters. The van der Waals surface area contributed by atoms with Crippen LogP contribution in [-0.4, -0.2) is 32.7 Å². The monoisotopic (exact) mass is 246 g/mol. The van der Waals surface area contributed by atoms with Crippen molar-refractivity contribution < 1.29 is 9.53 Å². The molecule has 0 saturated carbocycles. The highest BCUT2D eigenvalue weighted by atomic mass is 16.5. The van der Waals surface area contributed by atoms with Gasteiger partial charge in [0.25, 0.3) is 5.91 Å². The van der Waals surface area contributed by atoms with Crippen molar-refractivity contribution in [3.63, 3.8) is 0 Å². The molecule has 18 heavy (non-hydrogen) atoms. The second-order valence-corrected chi connectivity index (χ2v) is 3.69. The highest BCUT2D eigenvalue weighted by molar-refractivity contribution is 5.94. The third kappa shape index (κ3) is 5.00. The summed E-state index contributed by atoms with van der Waals surface area (Å²) in [6.45, 7) is 1.56. The Balaban J connectivity index is 2.57. The SMILES string of the molecule is COCCCNC(=O)c1cccc(C#CCN)c1. The Morgan fingerprint density at radius 3 is 3.06 bits per heavy atom. The predicted molar refractivity (Wildman–Crippen MR) is 71.2 cm³/mol. The van der Waals surface area contributed by atoms with Crippen molar-refractivity contribution in [1.29, 1.82) is 0 Å². The molecule has 0 spiro atoms. The largest absolute Gasteiger partial charge is 0.385 e. The predicted octanol–water partition coefficient (Wildman–Crippen LogP) is 0.763. The maximum atomic E-state index is 11.8. The average Bonchev–Trinajstić information content (AvgIpc) is 2.41. The zero-order valence-electron chi connectivity index (χ0n) is 10.5. The van der Waals surface area contributed by atoms with Gasteiger partial charge < -0.3 is 15.8 Å². The Morgan fingerprint density at radius 1 is 1.50 bits per heavy atom. The molecule has 1 amide bonds. The normalized spacial score (nSPS) is 9.44. The summed E-state index contributed by atoms with van der Waals surface area (Å²) in [5.74, 6) is 5.57. The summed E-state index contributed by atoms with van der Waals surface area (Å²) in [6, 6.07) is 7.18. The molecule has 96 valence electrons. The molecular formula is C14H18N2O2. The summed E-state index contributed by atoms with van der Waals surface area (Å²) < 4.78 is 4.91. The molecule has 0 aromatic heterocycles. The van der Waals surface area contributed by atoms with Gasteiger partial charge in [0, 0.05) is 31.4 Å². The first kappa shape index (κ1) is 14.2. The third-order valence-electron chi connectivity index (χ3n) is 2.27. The lowest BCUT2D eigenvalue weighted by molar-refractivity contribution is 0.0948.